The summed E-state index contributed by atoms with van der Waals surface area (Å²) in [5.41, 5.74) is 4.73. The zero-order chi connectivity index (χ0) is 21.5. The van der Waals surface area contributed by atoms with Crippen molar-refractivity contribution in [2.45, 2.75) is 30.5 Å². The zero-order valence-corrected chi connectivity index (χ0v) is 12.0. The Morgan fingerprint density at radius 3 is 1.54 bits per heavy atom. The van der Waals surface area contributed by atoms with Gasteiger partial charge in [-0.1, -0.05) is 0 Å². The monoisotopic (exact) mass is 405 g/mol. The number of halogens is 7. The van der Waals surface area contributed by atoms with E-state index in [9.17, 15) is 45.1 Å². The number of carbonyl (C=O) groups is 3. The van der Waals surface area contributed by atoms with Crippen LogP contribution in [0.2, 0.25) is 0 Å². The SMILES string of the molecule is N[C@H](C(=O)O)C(O)C(=O)O.O=C(O)C=CC(F)(OC(F)(F)F)C(F)(F)F. The zero-order valence-electron chi connectivity index (χ0n) is 12.0. The second-order valence-electron chi connectivity index (χ2n) is 4.01. The third-order valence-electron chi connectivity index (χ3n) is 1.97. The summed E-state index contributed by atoms with van der Waals surface area (Å²) in [4.78, 5) is 29.5. The Labute approximate surface area is 138 Å². The molecule has 0 saturated heterocycles. The fourth-order valence-corrected chi connectivity index (χ4v) is 0.822. The quantitative estimate of drug-likeness (QED) is 0.307. The van der Waals surface area contributed by atoms with Crippen molar-refractivity contribution in [2.75, 3.05) is 0 Å². The number of aliphatic carboxylic acids is 3. The van der Waals surface area contributed by atoms with E-state index in [1.54, 1.807) is 0 Å². The number of aliphatic hydroxyl groups excluding tert-OH is 1. The van der Waals surface area contributed by atoms with Crippen LogP contribution in [0.4, 0.5) is 30.7 Å². The topological polar surface area (TPSA) is 167 Å². The number of carboxylic acids is 3. The van der Waals surface area contributed by atoms with Gasteiger partial charge in [0.1, 0.15) is 6.04 Å². The molecular formula is C10H10F7NO8. The molecule has 6 N–H and O–H groups in total. The molecule has 26 heavy (non-hydrogen) atoms. The molecule has 0 rings (SSSR count). The first kappa shape index (κ1) is 25.8. The van der Waals surface area contributed by atoms with Crippen LogP contribution in [0, 0.1) is 0 Å². The van der Waals surface area contributed by atoms with E-state index in [1.807, 2.05) is 0 Å². The van der Waals surface area contributed by atoms with Crippen LogP contribution < -0.4 is 5.73 Å². The van der Waals surface area contributed by atoms with Crippen LogP contribution in [0.1, 0.15) is 0 Å². The highest BCUT2D eigenvalue weighted by molar-refractivity contribution is 5.83. The van der Waals surface area contributed by atoms with Gasteiger partial charge in [-0.05, 0) is 6.08 Å². The van der Waals surface area contributed by atoms with Crippen LogP contribution in [0.25, 0.3) is 0 Å². The van der Waals surface area contributed by atoms with E-state index in [0.29, 0.717) is 0 Å². The molecule has 0 fully saturated rings. The molecule has 0 bridgehead atoms. The van der Waals surface area contributed by atoms with Gasteiger partial charge >= 0.3 is 36.3 Å². The minimum absolute atomic E-state index is 0.445. The molecule has 152 valence electrons. The minimum atomic E-state index is -6.06. The van der Waals surface area contributed by atoms with E-state index in [4.69, 9.17) is 26.2 Å². The van der Waals surface area contributed by atoms with Crippen molar-refractivity contribution in [2.24, 2.45) is 5.73 Å². The van der Waals surface area contributed by atoms with Crippen LogP contribution in [-0.2, 0) is 19.1 Å². The molecule has 0 radical (unpaired) electrons. The Balaban J connectivity index is 0. The van der Waals surface area contributed by atoms with Gasteiger partial charge in [-0.15, -0.1) is 13.2 Å². The third kappa shape index (κ3) is 9.74. The number of alkyl halides is 7. The lowest BCUT2D eigenvalue weighted by molar-refractivity contribution is -0.432. The number of carboxylic acid groups (broad SMARTS) is 3. The molecule has 0 heterocycles. The summed E-state index contributed by atoms with van der Waals surface area (Å²) in [5.74, 6) is -10.5. The second kappa shape index (κ2) is 9.30. The minimum Gasteiger partial charge on any atom is -0.480 e. The summed E-state index contributed by atoms with van der Waals surface area (Å²) in [7, 11) is 0. The van der Waals surface area contributed by atoms with Gasteiger partial charge in [0.15, 0.2) is 6.10 Å². The van der Waals surface area contributed by atoms with Gasteiger partial charge in [-0.25, -0.2) is 14.3 Å². The van der Waals surface area contributed by atoms with Gasteiger partial charge in [0.25, 0.3) is 0 Å². The smallest absolute Gasteiger partial charge is 0.480 e. The predicted octanol–water partition coefficient (Wildman–Crippen LogP) is 0.236. The van der Waals surface area contributed by atoms with Gasteiger partial charge in [0.2, 0.25) is 0 Å². The maximum absolute atomic E-state index is 12.7. The van der Waals surface area contributed by atoms with E-state index < -0.39 is 60.6 Å². The van der Waals surface area contributed by atoms with Crippen molar-refractivity contribution in [3.05, 3.63) is 12.2 Å². The second-order valence-corrected chi connectivity index (χ2v) is 4.01. The average Bonchev–Trinajstić information content (AvgIpc) is 2.41. The van der Waals surface area contributed by atoms with Gasteiger partial charge in [-0.2, -0.15) is 17.6 Å². The summed E-state index contributed by atoms with van der Waals surface area (Å²) >= 11 is 0. The van der Waals surface area contributed by atoms with Crippen LogP contribution >= 0.6 is 0 Å². The average molecular weight is 405 g/mol. The molecule has 0 aromatic carbocycles. The first-order valence-corrected chi connectivity index (χ1v) is 5.68. The molecule has 2 unspecified atom stereocenters. The highest BCUT2D eigenvalue weighted by Gasteiger charge is 2.61. The number of nitrogens with two attached hydrogens (primary N) is 1. The molecule has 0 spiro atoms. The summed E-state index contributed by atoms with van der Waals surface area (Å²) in [5, 5.41) is 32.4. The van der Waals surface area contributed by atoms with Crippen LogP contribution in [0.15, 0.2) is 12.2 Å². The molecule has 0 saturated carbocycles. The Morgan fingerprint density at radius 2 is 1.35 bits per heavy atom. The van der Waals surface area contributed by atoms with Crippen LogP contribution in [0.5, 0.6) is 0 Å². The normalized spacial score (nSPS) is 16.8. The summed E-state index contributed by atoms with van der Waals surface area (Å²) in [6.45, 7) is 0. The standard InChI is InChI=1S/C6H3F7O3.C4H7NO5/c7-4(5(8,9)10,2-1-3(14)15)16-6(11,12)13;5-1(3(7)8)2(6)4(9)10/h1-2H,(H,14,15);1-2,6H,5H2,(H,7,8)(H,9,10)/t;1-,2?/m.0/s1. The largest absolute Gasteiger partial charge is 0.525 e. The number of aliphatic hydroxyl groups is 1. The number of ether oxygens (including phenoxy) is 1. The summed E-state index contributed by atoms with van der Waals surface area (Å²) in [6, 6.07) is -1.77. The fraction of sp³-hybridized carbons (Fsp3) is 0.500. The van der Waals surface area contributed by atoms with Crippen molar-refractivity contribution in [3.8, 4) is 0 Å². The predicted molar refractivity (Wildman–Crippen MR) is 63.1 cm³/mol. The molecule has 0 amide bonds. The molecule has 9 nitrogen and oxygen atoms in total. The van der Waals surface area contributed by atoms with Gasteiger partial charge in [0, 0.05) is 6.08 Å². The van der Waals surface area contributed by atoms with Crippen molar-refractivity contribution < 1.29 is 70.3 Å². The highest BCUT2D eigenvalue weighted by Crippen LogP contribution is 2.40. The lowest BCUT2D eigenvalue weighted by Gasteiger charge is -2.25. The molecule has 0 aromatic heterocycles. The van der Waals surface area contributed by atoms with E-state index in [-0.39, 0.29) is 0 Å². The van der Waals surface area contributed by atoms with Gasteiger partial charge in [0.05, 0.1) is 0 Å². The van der Waals surface area contributed by atoms with E-state index in [0.717, 1.165) is 0 Å². The first-order chi connectivity index (χ1) is 11.3. The lowest BCUT2D eigenvalue weighted by Crippen LogP contribution is -2.46. The molecule has 0 aromatic rings. The molecule has 0 aliphatic carbocycles. The van der Waals surface area contributed by atoms with Gasteiger partial charge in [-0.3, -0.25) is 4.79 Å². The molecular weight excluding hydrogens is 395 g/mol. The van der Waals surface area contributed by atoms with Crippen LogP contribution in [0.3, 0.4) is 0 Å². The Hall–Kier alpha value is -2.46. The third-order valence-corrected chi connectivity index (χ3v) is 1.97. The number of rotatable bonds is 6. The number of hydrogen-bond donors (Lipinski definition) is 5. The Morgan fingerprint density at radius 1 is 0.923 bits per heavy atom. The van der Waals surface area contributed by atoms with Crippen molar-refractivity contribution in [1.82, 2.24) is 0 Å². The molecule has 0 aliphatic rings. The summed E-state index contributed by atoms with van der Waals surface area (Å²) < 4.78 is 84.8. The number of hydrogen-bond acceptors (Lipinski definition) is 6. The lowest BCUT2D eigenvalue weighted by atomic mass is 10.2. The maximum atomic E-state index is 12.7. The van der Waals surface area contributed by atoms with Crippen molar-refractivity contribution in [1.29, 1.82) is 0 Å². The van der Waals surface area contributed by atoms with Crippen molar-refractivity contribution in [3.63, 3.8) is 0 Å². The maximum Gasteiger partial charge on any atom is 0.525 e. The van der Waals surface area contributed by atoms with Crippen LogP contribution in [-0.4, -0.2) is 68.9 Å². The van der Waals surface area contributed by atoms with E-state index in [2.05, 4.69) is 4.74 Å². The van der Waals surface area contributed by atoms with Crippen molar-refractivity contribution >= 4 is 17.9 Å². The Kier molecular flexibility index (Phi) is 9.22. The van der Waals surface area contributed by atoms with Gasteiger partial charge < -0.3 is 26.2 Å². The van der Waals surface area contributed by atoms with E-state index >= 15 is 0 Å². The molecule has 3 atom stereocenters. The highest BCUT2D eigenvalue weighted by atomic mass is 19.4. The first-order valence-electron chi connectivity index (χ1n) is 5.68. The Bertz CT molecular complexity index is 528. The van der Waals surface area contributed by atoms with E-state index in [1.165, 1.54) is 0 Å². The molecule has 16 heteroatoms. The molecule has 0 aliphatic heterocycles. The summed E-state index contributed by atoms with van der Waals surface area (Å²) in [6.07, 6.45) is -15.3. The fourth-order valence-electron chi connectivity index (χ4n) is 0.822.